The molecule has 1 aromatic heterocycles. The molecule has 5 nitrogen and oxygen atoms in total. The molecule has 0 saturated carbocycles. The van der Waals surface area contributed by atoms with E-state index in [1.54, 1.807) is 16.2 Å². The Hall–Kier alpha value is -1.76. The molecule has 1 aliphatic rings. The van der Waals surface area contributed by atoms with E-state index in [4.69, 9.17) is 4.98 Å². The molecule has 3 rings (SSSR count). The van der Waals surface area contributed by atoms with E-state index in [2.05, 4.69) is 39.4 Å². The summed E-state index contributed by atoms with van der Waals surface area (Å²) in [6, 6.07) is 10.3. The highest BCUT2D eigenvalue weighted by Gasteiger charge is 2.18. The van der Waals surface area contributed by atoms with Gasteiger partial charge in [0.15, 0.2) is 0 Å². The predicted molar refractivity (Wildman–Crippen MR) is 103 cm³/mol. The summed E-state index contributed by atoms with van der Waals surface area (Å²) in [6.45, 7) is 5.38. The fourth-order valence-corrected chi connectivity index (χ4v) is 3.81. The molecule has 1 saturated heterocycles. The molecule has 134 valence electrons. The van der Waals surface area contributed by atoms with Gasteiger partial charge < -0.3 is 4.90 Å². The molecular weight excluding hydrogens is 332 g/mol. The minimum absolute atomic E-state index is 0.181. The van der Waals surface area contributed by atoms with Crippen molar-refractivity contribution in [3.63, 3.8) is 0 Å². The Morgan fingerprint density at radius 1 is 1.12 bits per heavy atom. The Bertz CT molecular complexity index is 686. The van der Waals surface area contributed by atoms with Crippen LogP contribution in [-0.4, -0.2) is 72.4 Å². The highest BCUT2D eigenvalue weighted by Crippen LogP contribution is 2.24. The number of carbonyl (C=O) groups excluding carboxylic acids is 1. The Morgan fingerprint density at radius 3 is 2.60 bits per heavy atom. The number of benzene rings is 1. The lowest BCUT2D eigenvalue weighted by molar-refractivity contribution is -0.129. The molecule has 0 spiro atoms. The first kappa shape index (κ1) is 18.0. The van der Waals surface area contributed by atoms with Crippen molar-refractivity contribution < 1.29 is 4.79 Å². The third-order valence-corrected chi connectivity index (χ3v) is 5.44. The summed E-state index contributed by atoms with van der Waals surface area (Å²) < 4.78 is 0. The van der Waals surface area contributed by atoms with Crippen molar-refractivity contribution in [2.24, 2.45) is 0 Å². The Morgan fingerprint density at radius 2 is 1.84 bits per heavy atom. The first-order valence-electron chi connectivity index (χ1n) is 8.76. The smallest absolute Gasteiger partial charge is 0.236 e. The van der Waals surface area contributed by atoms with Gasteiger partial charge in [-0.2, -0.15) is 0 Å². The van der Waals surface area contributed by atoms with Crippen LogP contribution in [0.3, 0.4) is 0 Å². The summed E-state index contributed by atoms with van der Waals surface area (Å²) in [6.07, 6.45) is 1.09. The number of amides is 1. The van der Waals surface area contributed by atoms with Crippen molar-refractivity contribution in [1.29, 1.82) is 0 Å². The number of likely N-dealkylation sites (N-methyl/N-ethyl adjacent to an activating group) is 1. The lowest BCUT2D eigenvalue weighted by Crippen LogP contribution is -2.38. The van der Waals surface area contributed by atoms with E-state index in [1.165, 1.54) is 5.56 Å². The third kappa shape index (κ3) is 5.11. The van der Waals surface area contributed by atoms with Crippen molar-refractivity contribution in [3.05, 3.63) is 41.4 Å². The van der Waals surface area contributed by atoms with Gasteiger partial charge in [0.2, 0.25) is 5.91 Å². The quantitative estimate of drug-likeness (QED) is 0.823. The van der Waals surface area contributed by atoms with Crippen LogP contribution >= 0.6 is 11.3 Å². The summed E-state index contributed by atoms with van der Waals surface area (Å²) in [4.78, 5) is 23.1. The second-order valence-corrected chi connectivity index (χ2v) is 7.56. The van der Waals surface area contributed by atoms with Crippen molar-refractivity contribution in [2.75, 3.05) is 46.8 Å². The van der Waals surface area contributed by atoms with Crippen LogP contribution in [0.5, 0.6) is 0 Å². The Kier molecular flexibility index (Phi) is 6.18. The monoisotopic (exact) mass is 358 g/mol. The molecule has 25 heavy (non-hydrogen) atoms. The predicted octanol–water partition coefficient (Wildman–Crippen LogP) is 2.41. The summed E-state index contributed by atoms with van der Waals surface area (Å²) in [5.41, 5.74) is 2.32. The number of aromatic nitrogens is 1. The SMILES string of the molecule is CN(C)C(=O)CN1CCCN(Cc2csc(-c3ccccc3)n2)CC1. The molecule has 2 heterocycles. The lowest BCUT2D eigenvalue weighted by Gasteiger charge is -2.22. The maximum Gasteiger partial charge on any atom is 0.236 e. The largest absolute Gasteiger partial charge is 0.348 e. The molecule has 0 bridgehead atoms. The molecule has 1 amide bonds. The first-order chi connectivity index (χ1) is 12.1. The van der Waals surface area contributed by atoms with Gasteiger partial charge >= 0.3 is 0 Å². The van der Waals surface area contributed by atoms with Gasteiger partial charge in [0, 0.05) is 44.7 Å². The van der Waals surface area contributed by atoms with Crippen LogP contribution in [-0.2, 0) is 11.3 Å². The van der Waals surface area contributed by atoms with Gasteiger partial charge in [-0.15, -0.1) is 11.3 Å². The van der Waals surface area contributed by atoms with Crippen molar-refractivity contribution >= 4 is 17.2 Å². The van der Waals surface area contributed by atoms with Gasteiger partial charge in [0.25, 0.3) is 0 Å². The molecule has 1 fully saturated rings. The molecule has 1 aromatic carbocycles. The molecule has 1 aliphatic heterocycles. The standard InChI is InChI=1S/C19H26N4OS/c1-21(2)18(24)14-23-10-6-9-22(11-12-23)13-17-15-25-19(20-17)16-7-4-3-5-8-16/h3-5,7-8,15H,6,9-14H2,1-2H3. The third-order valence-electron chi connectivity index (χ3n) is 4.50. The van der Waals surface area contributed by atoms with Crippen LogP contribution in [0, 0.1) is 0 Å². The summed E-state index contributed by atoms with van der Waals surface area (Å²) in [5, 5.41) is 3.25. The van der Waals surface area contributed by atoms with E-state index in [9.17, 15) is 4.79 Å². The van der Waals surface area contributed by atoms with E-state index in [-0.39, 0.29) is 5.91 Å². The number of hydrogen-bond donors (Lipinski definition) is 0. The van der Waals surface area contributed by atoms with Crippen molar-refractivity contribution in [2.45, 2.75) is 13.0 Å². The van der Waals surface area contributed by atoms with Gasteiger partial charge in [-0.3, -0.25) is 14.6 Å². The summed E-state index contributed by atoms with van der Waals surface area (Å²) in [7, 11) is 3.64. The van der Waals surface area contributed by atoms with E-state index in [0.29, 0.717) is 6.54 Å². The van der Waals surface area contributed by atoms with E-state index < -0.39 is 0 Å². The molecule has 0 radical (unpaired) electrons. The first-order valence-corrected chi connectivity index (χ1v) is 9.64. The Labute approximate surface area is 153 Å². The van der Waals surface area contributed by atoms with Gasteiger partial charge in [-0.1, -0.05) is 30.3 Å². The Balaban J connectivity index is 1.54. The topological polar surface area (TPSA) is 39.7 Å². The molecule has 0 N–H and O–H groups in total. The van der Waals surface area contributed by atoms with Gasteiger partial charge in [0.05, 0.1) is 12.2 Å². The normalized spacial score (nSPS) is 16.6. The van der Waals surface area contributed by atoms with Crippen LogP contribution in [0.25, 0.3) is 10.6 Å². The van der Waals surface area contributed by atoms with E-state index in [1.807, 2.05) is 20.2 Å². The molecule has 0 aliphatic carbocycles. The maximum absolute atomic E-state index is 11.9. The lowest BCUT2D eigenvalue weighted by atomic mass is 10.2. The summed E-state index contributed by atoms with van der Waals surface area (Å²) in [5.74, 6) is 0.181. The van der Waals surface area contributed by atoms with E-state index >= 15 is 0 Å². The van der Waals surface area contributed by atoms with Crippen LogP contribution in [0.2, 0.25) is 0 Å². The van der Waals surface area contributed by atoms with Crippen LogP contribution in [0.4, 0.5) is 0 Å². The zero-order valence-corrected chi connectivity index (χ0v) is 15.8. The van der Waals surface area contributed by atoms with Crippen LogP contribution in [0.1, 0.15) is 12.1 Å². The van der Waals surface area contributed by atoms with Gasteiger partial charge in [0.1, 0.15) is 5.01 Å². The van der Waals surface area contributed by atoms with Crippen molar-refractivity contribution in [3.8, 4) is 10.6 Å². The van der Waals surface area contributed by atoms with Crippen LogP contribution < -0.4 is 0 Å². The minimum Gasteiger partial charge on any atom is -0.348 e. The fourth-order valence-electron chi connectivity index (χ4n) is 3.00. The van der Waals surface area contributed by atoms with Crippen LogP contribution in [0.15, 0.2) is 35.7 Å². The highest BCUT2D eigenvalue weighted by atomic mass is 32.1. The fraction of sp³-hybridized carbons (Fsp3) is 0.474. The zero-order chi connectivity index (χ0) is 17.6. The average molecular weight is 359 g/mol. The second kappa shape index (κ2) is 8.56. The van der Waals surface area contributed by atoms with Gasteiger partial charge in [-0.05, 0) is 19.5 Å². The molecule has 2 aromatic rings. The molecular formula is C19H26N4OS. The number of rotatable bonds is 5. The maximum atomic E-state index is 11.9. The van der Waals surface area contributed by atoms with Gasteiger partial charge in [-0.25, -0.2) is 4.98 Å². The summed E-state index contributed by atoms with van der Waals surface area (Å²) >= 11 is 1.71. The molecule has 0 unspecified atom stereocenters. The number of nitrogens with zero attached hydrogens (tertiary/aromatic N) is 4. The second-order valence-electron chi connectivity index (χ2n) is 6.70. The number of hydrogen-bond acceptors (Lipinski definition) is 5. The van der Waals surface area contributed by atoms with E-state index in [0.717, 1.165) is 49.8 Å². The molecule has 6 heteroatoms. The minimum atomic E-state index is 0.181. The average Bonchev–Trinajstić information content (AvgIpc) is 2.97. The highest BCUT2D eigenvalue weighted by molar-refractivity contribution is 7.13. The number of thiazole rings is 1. The number of carbonyl (C=O) groups is 1. The zero-order valence-electron chi connectivity index (χ0n) is 15.0. The molecule has 0 atom stereocenters. The van der Waals surface area contributed by atoms with Crippen molar-refractivity contribution in [1.82, 2.24) is 19.7 Å².